The van der Waals surface area contributed by atoms with Crippen molar-refractivity contribution in [3.05, 3.63) is 65.2 Å². The number of thioether (sulfide) groups is 1. The summed E-state index contributed by atoms with van der Waals surface area (Å²) in [5, 5.41) is -0.0691. The van der Waals surface area contributed by atoms with E-state index in [4.69, 9.17) is 0 Å². The molecule has 0 fully saturated rings. The SMILES string of the molecule is COC(=O)c1c[c]cc(SC(=O)c2ccc(C)cc2)c1. The normalized spacial score (nSPS) is 10.1. The second-order valence-electron chi connectivity index (χ2n) is 4.20. The highest BCUT2D eigenvalue weighted by Gasteiger charge is 2.11. The van der Waals surface area contributed by atoms with Crippen LogP contribution in [0.1, 0.15) is 26.3 Å². The number of hydrogen-bond donors (Lipinski definition) is 0. The summed E-state index contributed by atoms with van der Waals surface area (Å²) in [5.74, 6) is -0.438. The number of rotatable bonds is 3. The quantitative estimate of drug-likeness (QED) is 0.639. The van der Waals surface area contributed by atoms with E-state index in [1.807, 2.05) is 19.1 Å². The van der Waals surface area contributed by atoms with E-state index in [9.17, 15) is 9.59 Å². The minimum atomic E-state index is -0.438. The molecule has 2 aromatic carbocycles. The molecular weight excluding hydrogens is 272 g/mol. The molecule has 0 aliphatic heterocycles. The molecule has 0 atom stereocenters. The molecule has 0 spiro atoms. The zero-order valence-corrected chi connectivity index (χ0v) is 12.0. The Bertz CT molecular complexity index is 632. The van der Waals surface area contributed by atoms with Gasteiger partial charge in [-0.05, 0) is 43.0 Å². The Hall–Kier alpha value is -2.07. The molecule has 2 rings (SSSR count). The van der Waals surface area contributed by atoms with Gasteiger partial charge in [-0.2, -0.15) is 0 Å². The van der Waals surface area contributed by atoms with Crippen molar-refractivity contribution in [1.29, 1.82) is 0 Å². The molecule has 0 aliphatic carbocycles. The average Bonchev–Trinajstić information content (AvgIpc) is 2.47. The third-order valence-electron chi connectivity index (χ3n) is 2.68. The van der Waals surface area contributed by atoms with Gasteiger partial charge >= 0.3 is 5.97 Å². The molecule has 3 nitrogen and oxygen atoms in total. The largest absolute Gasteiger partial charge is 0.465 e. The number of carbonyl (C=O) groups excluding carboxylic acids is 2. The first-order valence-corrected chi connectivity index (χ1v) is 6.80. The lowest BCUT2D eigenvalue weighted by Crippen LogP contribution is -2.01. The molecule has 101 valence electrons. The van der Waals surface area contributed by atoms with Crippen molar-refractivity contribution in [3.63, 3.8) is 0 Å². The first-order valence-electron chi connectivity index (χ1n) is 5.98. The van der Waals surface area contributed by atoms with Crippen LogP contribution in [0.3, 0.4) is 0 Å². The van der Waals surface area contributed by atoms with E-state index in [1.54, 1.807) is 24.3 Å². The van der Waals surface area contributed by atoms with Crippen LogP contribution in [0.2, 0.25) is 0 Å². The Morgan fingerprint density at radius 2 is 1.80 bits per heavy atom. The predicted octanol–water partition coefficient (Wildman–Crippen LogP) is 3.51. The molecular formula is C16H13O3S. The number of esters is 1. The third-order valence-corrected chi connectivity index (χ3v) is 3.57. The maximum Gasteiger partial charge on any atom is 0.337 e. The molecule has 0 saturated heterocycles. The van der Waals surface area contributed by atoms with Crippen molar-refractivity contribution >= 4 is 22.8 Å². The van der Waals surface area contributed by atoms with Gasteiger partial charge in [-0.3, -0.25) is 4.79 Å². The molecule has 0 N–H and O–H groups in total. The van der Waals surface area contributed by atoms with Crippen molar-refractivity contribution in [2.24, 2.45) is 0 Å². The number of methoxy groups -OCH3 is 1. The Balaban J connectivity index is 2.15. The van der Waals surface area contributed by atoms with Crippen molar-refractivity contribution in [1.82, 2.24) is 0 Å². The van der Waals surface area contributed by atoms with Crippen molar-refractivity contribution in [3.8, 4) is 0 Å². The van der Waals surface area contributed by atoms with Crippen LogP contribution in [0.15, 0.2) is 47.4 Å². The van der Waals surface area contributed by atoms with Gasteiger partial charge in [-0.15, -0.1) is 0 Å². The molecule has 0 aromatic heterocycles. The van der Waals surface area contributed by atoms with Crippen LogP contribution in [-0.4, -0.2) is 18.2 Å². The maximum absolute atomic E-state index is 12.1. The molecule has 0 heterocycles. The summed E-state index contributed by atoms with van der Waals surface area (Å²) in [6.45, 7) is 1.97. The van der Waals surface area contributed by atoms with E-state index in [-0.39, 0.29) is 5.12 Å². The Morgan fingerprint density at radius 3 is 2.45 bits per heavy atom. The topological polar surface area (TPSA) is 43.4 Å². The van der Waals surface area contributed by atoms with Crippen LogP contribution in [-0.2, 0) is 4.74 Å². The highest BCUT2D eigenvalue weighted by Crippen LogP contribution is 2.24. The lowest BCUT2D eigenvalue weighted by Gasteiger charge is -2.03. The highest BCUT2D eigenvalue weighted by molar-refractivity contribution is 8.14. The molecule has 0 unspecified atom stereocenters. The minimum absolute atomic E-state index is 0.0691. The van der Waals surface area contributed by atoms with Crippen LogP contribution in [0.25, 0.3) is 0 Å². The second kappa shape index (κ2) is 6.39. The van der Waals surface area contributed by atoms with Crippen molar-refractivity contribution < 1.29 is 14.3 Å². The smallest absolute Gasteiger partial charge is 0.337 e. The lowest BCUT2D eigenvalue weighted by atomic mass is 10.2. The molecule has 0 aliphatic rings. The van der Waals surface area contributed by atoms with Crippen molar-refractivity contribution in [2.45, 2.75) is 11.8 Å². The molecule has 0 bridgehead atoms. The number of aryl methyl sites for hydroxylation is 1. The van der Waals surface area contributed by atoms with Crippen LogP contribution in [0.5, 0.6) is 0 Å². The van der Waals surface area contributed by atoms with E-state index in [0.717, 1.165) is 17.3 Å². The van der Waals surface area contributed by atoms with E-state index >= 15 is 0 Å². The number of ether oxygens (including phenoxy) is 1. The van der Waals surface area contributed by atoms with Gasteiger partial charge in [0, 0.05) is 10.5 Å². The Morgan fingerprint density at radius 1 is 1.10 bits per heavy atom. The second-order valence-corrected chi connectivity index (χ2v) is 5.25. The van der Waals surface area contributed by atoms with Gasteiger partial charge in [0.05, 0.1) is 12.7 Å². The number of carbonyl (C=O) groups is 2. The van der Waals surface area contributed by atoms with Gasteiger partial charge in [0.25, 0.3) is 0 Å². The van der Waals surface area contributed by atoms with E-state index in [1.165, 1.54) is 13.2 Å². The molecule has 0 saturated carbocycles. The van der Waals surface area contributed by atoms with Gasteiger partial charge in [-0.25, -0.2) is 4.79 Å². The summed E-state index contributed by atoms with van der Waals surface area (Å²) in [6, 6.07) is 15.0. The number of hydrogen-bond acceptors (Lipinski definition) is 4. The maximum atomic E-state index is 12.1. The summed E-state index contributed by atoms with van der Waals surface area (Å²) in [6.07, 6.45) is 0. The van der Waals surface area contributed by atoms with Gasteiger partial charge in [0.2, 0.25) is 5.12 Å². The third kappa shape index (κ3) is 3.48. The van der Waals surface area contributed by atoms with Crippen LogP contribution < -0.4 is 0 Å². The van der Waals surface area contributed by atoms with Gasteiger partial charge < -0.3 is 4.74 Å². The first-order chi connectivity index (χ1) is 9.60. The Labute approximate surface area is 122 Å². The molecule has 0 amide bonds. The fraction of sp³-hybridized carbons (Fsp3) is 0.125. The lowest BCUT2D eigenvalue weighted by molar-refractivity contribution is 0.0600. The predicted molar refractivity (Wildman–Crippen MR) is 78.0 cm³/mol. The summed E-state index contributed by atoms with van der Waals surface area (Å²) in [4.78, 5) is 24.2. The molecule has 1 radical (unpaired) electrons. The molecule has 2 aromatic rings. The fourth-order valence-electron chi connectivity index (χ4n) is 1.60. The average molecular weight is 285 g/mol. The van der Waals surface area contributed by atoms with E-state index in [2.05, 4.69) is 10.8 Å². The van der Waals surface area contributed by atoms with Crippen LogP contribution in [0, 0.1) is 13.0 Å². The van der Waals surface area contributed by atoms with E-state index in [0.29, 0.717) is 16.0 Å². The standard InChI is InChI=1S/C16H13O3S/c1-11-6-8-12(9-7-11)16(18)20-14-5-3-4-13(10-14)15(17)19-2/h4-10H,1-2H3. The van der Waals surface area contributed by atoms with Crippen molar-refractivity contribution in [2.75, 3.05) is 7.11 Å². The molecule has 4 heteroatoms. The summed E-state index contributed by atoms with van der Waals surface area (Å²) < 4.78 is 4.64. The zero-order chi connectivity index (χ0) is 14.5. The zero-order valence-electron chi connectivity index (χ0n) is 11.2. The highest BCUT2D eigenvalue weighted by atomic mass is 32.2. The summed E-state index contributed by atoms with van der Waals surface area (Å²) >= 11 is 1.07. The first kappa shape index (κ1) is 14.3. The monoisotopic (exact) mass is 285 g/mol. The fourth-order valence-corrected chi connectivity index (χ4v) is 2.38. The van der Waals surface area contributed by atoms with Gasteiger partial charge in [-0.1, -0.05) is 29.8 Å². The summed E-state index contributed by atoms with van der Waals surface area (Å²) in [7, 11) is 1.32. The molecule has 20 heavy (non-hydrogen) atoms. The van der Waals surface area contributed by atoms with Gasteiger partial charge in [0.1, 0.15) is 0 Å². The van der Waals surface area contributed by atoms with Crippen LogP contribution >= 0.6 is 11.8 Å². The number of benzene rings is 2. The Kier molecular flexibility index (Phi) is 4.58. The summed E-state index contributed by atoms with van der Waals surface area (Å²) in [5.41, 5.74) is 2.12. The van der Waals surface area contributed by atoms with E-state index < -0.39 is 5.97 Å². The van der Waals surface area contributed by atoms with Crippen LogP contribution in [0.4, 0.5) is 0 Å². The minimum Gasteiger partial charge on any atom is -0.465 e. The van der Waals surface area contributed by atoms with Gasteiger partial charge in [0.15, 0.2) is 0 Å².